The van der Waals surface area contributed by atoms with Gasteiger partial charge in [-0.05, 0) is 6.07 Å². The second-order valence-electron chi connectivity index (χ2n) is 4.47. The topological polar surface area (TPSA) is 67.8 Å². The third-order valence-electron chi connectivity index (χ3n) is 2.96. The van der Waals surface area contributed by atoms with Crippen LogP contribution in [-0.2, 0) is 0 Å². The zero-order valence-electron chi connectivity index (χ0n) is 11.4. The van der Waals surface area contributed by atoms with Crippen LogP contribution in [-0.4, -0.2) is 20.9 Å². The van der Waals surface area contributed by atoms with Gasteiger partial charge >= 0.3 is 0 Å². The second-order valence-corrected chi connectivity index (χ2v) is 4.88. The molecule has 6 heteroatoms. The third kappa shape index (κ3) is 3.10. The molecule has 0 aliphatic rings. The highest BCUT2D eigenvalue weighted by Gasteiger charge is 2.10. The minimum atomic E-state index is -0.330. The van der Waals surface area contributed by atoms with Gasteiger partial charge in [0, 0.05) is 18.0 Å². The number of anilines is 1. The minimum Gasteiger partial charge on any atom is -0.319 e. The Morgan fingerprint density at radius 3 is 2.41 bits per heavy atom. The van der Waals surface area contributed by atoms with Crippen LogP contribution in [0.15, 0.2) is 61.2 Å². The fourth-order valence-corrected chi connectivity index (χ4v) is 2.09. The molecule has 0 spiro atoms. The summed E-state index contributed by atoms with van der Waals surface area (Å²) in [4.78, 5) is 24.4. The molecule has 0 unspecified atom stereocenters. The van der Waals surface area contributed by atoms with E-state index >= 15 is 0 Å². The predicted octanol–water partition coefficient (Wildman–Crippen LogP) is 3.44. The average Bonchev–Trinajstić information content (AvgIpc) is 2.57. The molecule has 0 atom stereocenters. The van der Waals surface area contributed by atoms with Gasteiger partial charge in [0.15, 0.2) is 5.82 Å². The van der Waals surface area contributed by atoms with Gasteiger partial charge in [-0.1, -0.05) is 41.9 Å². The first-order valence-electron chi connectivity index (χ1n) is 6.52. The van der Waals surface area contributed by atoms with E-state index in [1.807, 2.05) is 30.3 Å². The Hall–Kier alpha value is -2.79. The number of halogens is 1. The molecule has 22 heavy (non-hydrogen) atoms. The monoisotopic (exact) mass is 310 g/mol. The Morgan fingerprint density at radius 2 is 1.73 bits per heavy atom. The SMILES string of the molecule is O=C(Nc1cnc(-c2ccccc2)nc1)c1ccncc1Cl. The van der Waals surface area contributed by atoms with Crippen LogP contribution in [0.4, 0.5) is 5.69 Å². The van der Waals surface area contributed by atoms with Crippen molar-refractivity contribution in [3.05, 3.63) is 71.8 Å². The number of carbonyl (C=O) groups is 1. The highest BCUT2D eigenvalue weighted by molar-refractivity contribution is 6.34. The Morgan fingerprint density at radius 1 is 1.00 bits per heavy atom. The molecule has 5 nitrogen and oxygen atoms in total. The summed E-state index contributed by atoms with van der Waals surface area (Å²) < 4.78 is 0. The van der Waals surface area contributed by atoms with Crippen LogP contribution >= 0.6 is 11.6 Å². The summed E-state index contributed by atoms with van der Waals surface area (Å²) in [7, 11) is 0. The average molecular weight is 311 g/mol. The number of pyridine rings is 1. The normalized spacial score (nSPS) is 10.2. The van der Waals surface area contributed by atoms with Gasteiger partial charge in [-0.2, -0.15) is 0 Å². The van der Waals surface area contributed by atoms with Crippen LogP contribution in [0, 0.1) is 0 Å². The van der Waals surface area contributed by atoms with Gasteiger partial charge in [0.05, 0.1) is 28.7 Å². The van der Waals surface area contributed by atoms with Crippen LogP contribution in [0.1, 0.15) is 10.4 Å². The van der Waals surface area contributed by atoms with E-state index in [0.29, 0.717) is 22.1 Å². The van der Waals surface area contributed by atoms with Crippen molar-refractivity contribution in [2.75, 3.05) is 5.32 Å². The van der Waals surface area contributed by atoms with Crippen molar-refractivity contribution in [2.24, 2.45) is 0 Å². The van der Waals surface area contributed by atoms with Crippen molar-refractivity contribution in [3.63, 3.8) is 0 Å². The highest BCUT2D eigenvalue weighted by Crippen LogP contribution is 2.17. The first-order chi connectivity index (χ1) is 10.7. The van der Waals surface area contributed by atoms with E-state index < -0.39 is 0 Å². The van der Waals surface area contributed by atoms with Crippen molar-refractivity contribution in [1.29, 1.82) is 0 Å². The molecule has 2 heterocycles. The Balaban J connectivity index is 1.77. The molecule has 1 aromatic carbocycles. The molecule has 0 aliphatic carbocycles. The molecule has 0 fully saturated rings. The number of carbonyl (C=O) groups excluding carboxylic acids is 1. The fraction of sp³-hybridized carbons (Fsp3) is 0. The van der Waals surface area contributed by atoms with E-state index in [1.54, 1.807) is 18.5 Å². The number of benzene rings is 1. The summed E-state index contributed by atoms with van der Waals surface area (Å²) in [5, 5.41) is 2.99. The van der Waals surface area contributed by atoms with E-state index in [-0.39, 0.29) is 5.91 Å². The van der Waals surface area contributed by atoms with Gasteiger partial charge in [0.25, 0.3) is 5.91 Å². The van der Waals surface area contributed by atoms with Gasteiger partial charge in [-0.3, -0.25) is 9.78 Å². The molecule has 3 aromatic rings. The zero-order valence-corrected chi connectivity index (χ0v) is 12.2. The lowest BCUT2D eigenvalue weighted by molar-refractivity contribution is 0.102. The predicted molar refractivity (Wildman–Crippen MR) is 84.7 cm³/mol. The lowest BCUT2D eigenvalue weighted by Crippen LogP contribution is -2.13. The number of hydrogen-bond donors (Lipinski definition) is 1. The number of nitrogens with zero attached hydrogens (tertiary/aromatic N) is 3. The zero-order chi connectivity index (χ0) is 15.4. The van der Waals surface area contributed by atoms with Gasteiger partial charge in [0.2, 0.25) is 0 Å². The third-order valence-corrected chi connectivity index (χ3v) is 3.26. The van der Waals surface area contributed by atoms with E-state index in [2.05, 4.69) is 20.3 Å². The summed E-state index contributed by atoms with van der Waals surface area (Å²) >= 11 is 5.94. The molecule has 3 rings (SSSR count). The molecule has 0 aliphatic heterocycles. The number of amides is 1. The second kappa shape index (κ2) is 6.32. The maximum absolute atomic E-state index is 12.1. The van der Waals surface area contributed by atoms with Crippen LogP contribution < -0.4 is 5.32 Å². The standard InChI is InChI=1S/C16H11ClN4O/c17-14-10-18-7-6-13(14)16(22)21-12-8-19-15(20-9-12)11-4-2-1-3-5-11/h1-10H,(H,21,22). The smallest absolute Gasteiger partial charge is 0.257 e. The lowest BCUT2D eigenvalue weighted by Gasteiger charge is -2.06. The van der Waals surface area contributed by atoms with E-state index in [9.17, 15) is 4.79 Å². The molecule has 0 saturated heterocycles. The first-order valence-corrected chi connectivity index (χ1v) is 6.90. The summed E-state index contributed by atoms with van der Waals surface area (Å²) in [6, 6.07) is 11.2. The molecule has 2 aromatic heterocycles. The van der Waals surface area contributed by atoms with E-state index in [1.165, 1.54) is 12.4 Å². The highest BCUT2D eigenvalue weighted by atomic mass is 35.5. The van der Waals surface area contributed by atoms with Gasteiger partial charge in [-0.25, -0.2) is 9.97 Å². The van der Waals surface area contributed by atoms with Crippen molar-refractivity contribution >= 4 is 23.2 Å². The van der Waals surface area contributed by atoms with Crippen LogP contribution in [0.3, 0.4) is 0 Å². The van der Waals surface area contributed by atoms with Crippen molar-refractivity contribution < 1.29 is 4.79 Å². The molecule has 0 saturated carbocycles. The Bertz CT molecular complexity index is 791. The van der Waals surface area contributed by atoms with Crippen molar-refractivity contribution in [3.8, 4) is 11.4 Å². The van der Waals surface area contributed by atoms with Crippen molar-refractivity contribution in [1.82, 2.24) is 15.0 Å². The van der Waals surface area contributed by atoms with Crippen LogP contribution in [0.25, 0.3) is 11.4 Å². The number of rotatable bonds is 3. The maximum atomic E-state index is 12.1. The molecule has 108 valence electrons. The summed E-state index contributed by atoms with van der Waals surface area (Å²) in [6.07, 6.45) is 6.05. The summed E-state index contributed by atoms with van der Waals surface area (Å²) in [5.41, 5.74) is 1.76. The minimum absolute atomic E-state index is 0.293. The molecular weight excluding hydrogens is 300 g/mol. The largest absolute Gasteiger partial charge is 0.319 e. The Kier molecular flexibility index (Phi) is 4.07. The van der Waals surface area contributed by atoms with Crippen LogP contribution in [0.2, 0.25) is 5.02 Å². The van der Waals surface area contributed by atoms with Crippen LogP contribution in [0.5, 0.6) is 0 Å². The number of aromatic nitrogens is 3. The maximum Gasteiger partial charge on any atom is 0.257 e. The molecule has 1 N–H and O–H groups in total. The van der Waals surface area contributed by atoms with E-state index in [0.717, 1.165) is 5.56 Å². The van der Waals surface area contributed by atoms with Crippen molar-refractivity contribution in [2.45, 2.75) is 0 Å². The number of hydrogen-bond acceptors (Lipinski definition) is 4. The van der Waals surface area contributed by atoms with Gasteiger partial charge < -0.3 is 5.32 Å². The molecule has 0 bridgehead atoms. The molecule has 1 amide bonds. The van der Waals surface area contributed by atoms with E-state index in [4.69, 9.17) is 11.6 Å². The van der Waals surface area contributed by atoms with Gasteiger partial charge in [0.1, 0.15) is 0 Å². The Labute approximate surface area is 132 Å². The number of nitrogens with one attached hydrogen (secondary N) is 1. The fourth-order valence-electron chi connectivity index (χ4n) is 1.89. The quantitative estimate of drug-likeness (QED) is 0.804. The summed E-state index contributed by atoms with van der Waals surface area (Å²) in [6.45, 7) is 0. The molecule has 0 radical (unpaired) electrons. The van der Waals surface area contributed by atoms with Gasteiger partial charge in [-0.15, -0.1) is 0 Å². The summed E-state index contributed by atoms with van der Waals surface area (Å²) in [5.74, 6) is 0.268. The lowest BCUT2D eigenvalue weighted by atomic mass is 10.2. The molecular formula is C16H11ClN4O. The first kappa shape index (κ1) is 14.2.